The molecule has 8 nitrogen and oxygen atoms in total. The Bertz CT molecular complexity index is 777. The van der Waals surface area contributed by atoms with Crippen molar-refractivity contribution in [3.63, 3.8) is 0 Å². The maximum Gasteiger partial charge on any atom is 0.320 e. The highest BCUT2D eigenvalue weighted by atomic mass is 16.3. The van der Waals surface area contributed by atoms with Crippen molar-refractivity contribution >= 4 is 17.8 Å². The monoisotopic (exact) mass is 460 g/mol. The number of carbonyl (C=O) groups excluding carboxylic acids is 3. The first-order chi connectivity index (χ1) is 15.8. The molecule has 3 unspecified atom stereocenters. The molecule has 184 valence electrons. The fourth-order valence-corrected chi connectivity index (χ4v) is 7.77. The van der Waals surface area contributed by atoms with Crippen LogP contribution in [0.4, 0.5) is 4.79 Å². The van der Waals surface area contributed by atoms with Gasteiger partial charge in [0.15, 0.2) is 0 Å². The summed E-state index contributed by atoms with van der Waals surface area (Å²) in [5.74, 6) is 1.48. The van der Waals surface area contributed by atoms with Gasteiger partial charge in [-0.15, -0.1) is 0 Å². The summed E-state index contributed by atoms with van der Waals surface area (Å²) in [4.78, 5) is 44.3. The highest BCUT2D eigenvalue weighted by Crippen LogP contribution is 2.60. The van der Waals surface area contributed by atoms with E-state index in [4.69, 9.17) is 0 Å². The molecule has 6 rings (SSSR count). The Balaban J connectivity index is 1.15. The van der Waals surface area contributed by atoms with E-state index in [1.54, 1.807) is 19.0 Å². The molecule has 2 saturated heterocycles. The Morgan fingerprint density at radius 2 is 1.61 bits per heavy atom. The van der Waals surface area contributed by atoms with Gasteiger partial charge < -0.3 is 25.1 Å². The van der Waals surface area contributed by atoms with E-state index in [9.17, 15) is 19.5 Å². The average molecular weight is 461 g/mol. The minimum atomic E-state index is -0.303. The smallest absolute Gasteiger partial charge is 0.320 e. The lowest BCUT2D eigenvalue weighted by atomic mass is 9.48. The minimum Gasteiger partial charge on any atom is -0.393 e. The third kappa shape index (κ3) is 4.24. The number of likely N-dealkylation sites (tertiary alicyclic amines) is 2. The SMILES string of the molecule is CN(C)C(=O)C1CCN(C(=O)N2CCC[C@H](NC(=O)C34CC5C[C@H](C[C@H](C3)C5O)C4)C2)CC1. The number of carbonyl (C=O) groups is 3. The summed E-state index contributed by atoms with van der Waals surface area (Å²) < 4.78 is 0. The molecule has 2 aliphatic heterocycles. The van der Waals surface area contributed by atoms with E-state index in [0.717, 1.165) is 51.5 Å². The number of amides is 4. The molecule has 0 aromatic carbocycles. The van der Waals surface area contributed by atoms with Crippen molar-refractivity contribution in [1.29, 1.82) is 0 Å². The fraction of sp³-hybridized carbons (Fsp3) is 0.880. The number of aliphatic hydroxyl groups is 1. The predicted molar refractivity (Wildman–Crippen MR) is 123 cm³/mol. The van der Waals surface area contributed by atoms with Gasteiger partial charge in [0.1, 0.15) is 0 Å². The molecule has 4 aliphatic carbocycles. The van der Waals surface area contributed by atoms with E-state index >= 15 is 0 Å². The Hall–Kier alpha value is -1.83. The summed E-state index contributed by atoms with van der Waals surface area (Å²) in [5.41, 5.74) is -0.303. The number of nitrogens with zero attached hydrogens (tertiary/aromatic N) is 3. The van der Waals surface area contributed by atoms with Gasteiger partial charge in [-0.3, -0.25) is 9.59 Å². The topological polar surface area (TPSA) is 93.2 Å². The molecule has 4 saturated carbocycles. The predicted octanol–water partition coefficient (Wildman–Crippen LogP) is 1.67. The van der Waals surface area contributed by atoms with Gasteiger partial charge in [0.25, 0.3) is 0 Å². The molecule has 6 atom stereocenters. The summed E-state index contributed by atoms with van der Waals surface area (Å²) >= 11 is 0. The summed E-state index contributed by atoms with van der Waals surface area (Å²) in [6.07, 6.45) is 7.78. The van der Waals surface area contributed by atoms with Crippen LogP contribution in [0.1, 0.15) is 57.8 Å². The Labute approximate surface area is 197 Å². The zero-order chi connectivity index (χ0) is 23.3. The first-order valence-electron chi connectivity index (χ1n) is 13.0. The Kier molecular flexibility index (Phi) is 6.08. The van der Waals surface area contributed by atoms with Crippen LogP contribution in [0.15, 0.2) is 0 Å². The van der Waals surface area contributed by atoms with E-state index in [2.05, 4.69) is 5.32 Å². The van der Waals surface area contributed by atoms with Crippen molar-refractivity contribution in [1.82, 2.24) is 20.0 Å². The second-order valence-electron chi connectivity index (χ2n) is 11.8. The van der Waals surface area contributed by atoms with Crippen molar-refractivity contribution in [2.45, 2.75) is 69.9 Å². The van der Waals surface area contributed by atoms with Gasteiger partial charge in [0.05, 0.1) is 11.5 Å². The van der Waals surface area contributed by atoms with Crippen molar-refractivity contribution in [2.75, 3.05) is 40.3 Å². The normalized spacial score (nSPS) is 38.3. The van der Waals surface area contributed by atoms with Crippen LogP contribution in [0.25, 0.3) is 0 Å². The largest absolute Gasteiger partial charge is 0.393 e. The van der Waals surface area contributed by atoms with Gasteiger partial charge in [-0.05, 0) is 75.5 Å². The molecule has 2 N–H and O–H groups in total. The lowest BCUT2D eigenvalue weighted by molar-refractivity contribution is -0.164. The lowest BCUT2D eigenvalue weighted by Crippen LogP contribution is -2.61. The minimum absolute atomic E-state index is 0.000913. The van der Waals surface area contributed by atoms with E-state index < -0.39 is 0 Å². The van der Waals surface area contributed by atoms with Gasteiger partial charge in [-0.1, -0.05) is 0 Å². The van der Waals surface area contributed by atoms with E-state index in [-0.39, 0.29) is 53.2 Å². The number of hydrogen-bond acceptors (Lipinski definition) is 4. The summed E-state index contributed by atoms with van der Waals surface area (Å²) in [5, 5.41) is 13.9. The zero-order valence-corrected chi connectivity index (χ0v) is 20.2. The number of piperidine rings is 2. The first-order valence-corrected chi connectivity index (χ1v) is 13.0. The second-order valence-corrected chi connectivity index (χ2v) is 11.8. The standard InChI is InChI=1S/C25H40N4O4/c1-27(2)22(31)17-5-8-28(9-6-17)24(33)29-7-3-4-20(15-29)26-23(32)25-12-16-10-18(13-25)21(30)19(11-16)14-25/h16-21,30H,3-15H2,1-2H3,(H,26,32)/t16-,18+,19?,20-,21?,25?/m0/s1. The van der Waals surface area contributed by atoms with Crippen LogP contribution in [0.5, 0.6) is 0 Å². The van der Waals surface area contributed by atoms with Crippen LogP contribution in [-0.2, 0) is 9.59 Å². The summed E-state index contributed by atoms with van der Waals surface area (Å²) in [7, 11) is 3.57. The molecule has 2 heterocycles. The summed E-state index contributed by atoms with van der Waals surface area (Å²) in [6.45, 7) is 2.53. The quantitative estimate of drug-likeness (QED) is 0.670. The summed E-state index contributed by atoms with van der Waals surface area (Å²) in [6, 6.07) is 0.0450. The Morgan fingerprint density at radius 3 is 2.24 bits per heavy atom. The van der Waals surface area contributed by atoms with Crippen LogP contribution in [0.3, 0.4) is 0 Å². The van der Waals surface area contributed by atoms with Gasteiger partial charge in [0, 0.05) is 52.2 Å². The molecule has 0 radical (unpaired) electrons. The average Bonchev–Trinajstić information content (AvgIpc) is 2.81. The maximum absolute atomic E-state index is 13.5. The number of hydrogen-bond donors (Lipinski definition) is 2. The molecule has 6 aliphatic rings. The van der Waals surface area contributed by atoms with Crippen LogP contribution in [-0.4, -0.2) is 90.1 Å². The molecule has 33 heavy (non-hydrogen) atoms. The maximum atomic E-state index is 13.5. The van der Waals surface area contributed by atoms with Gasteiger partial charge in [0.2, 0.25) is 11.8 Å². The Morgan fingerprint density at radius 1 is 0.939 bits per heavy atom. The molecule has 0 spiro atoms. The fourth-order valence-electron chi connectivity index (χ4n) is 7.77. The first kappa shape index (κ1) is 22.9. The van der Waals surface area contributed by atoms with Crippen LogP contribution in [0, 0.1) is 29.1 Å². The third-order valence-corrected chi connectivity index (χ3v) is 9.29. The molecule has 6 fully saturated rings. The van der Waals surface area contributed by atoms with Gasteiger partial charge >= 0.3 is 6.03 Å². The molecular formula is C25H40N4O4. The molecule has 8 heteroatoms. The second kappa shape index (κ2) is 8.75. The number of urea groups is 1. The van der Waals surface area contributed by atoms with Crippen molar-refractivity contribution in [2.24, 2.45) is 29.1 Å². The molecule has 0 aromatic rings. The highest BCUT2D eigenvalue weighted by molar-refractivity contribution is 5.84. The molecule has 0 aromatic heterocycles. The van der Waals surface area contributed by atoms with Crippen LogP contribution >= 0.6 is 0 Å². The lowest BCUT2D eigenvalue weighted by Gasteiger charge is -2.58. The van der Waals surface area contributed by atoms with Crippen LogP contribution < -0.4 is 5.32 Å². The van der Waals surface area contributed by atoms with E-state index in [1.165, 1.54) is 0 Å². The van der Waals surface area contributed by atoms with Crippen molar-refractivity contribution in [3.05, 3.63) is 0 Å². The number of aliphatic hydroxyl groups excluding tert-OH is 1. The van der Waals surface area contributed by atoms with Crippen molar-refractivity contribution in [3.8, 4) is 0 Å². The third-order valence-electron chi connectivity index (χ3n) is 9.29. The van der Waals surface area contributed by atoms with Gasteiger partial charge in [-0.2, -0.15) is 0 Å². The van der Waals surface area contributed by atoms with Crippen LogP contribution in [0.2, 0.25) is 0 Å². The zero-order valence-electron chi connectivity index (χ0n) is 20.2. The van der Waals surface area contributed by atoms with Crippen molar-refractivity contribution < 1.29 is 19.5 Å². The van der Waals surface area contributed by atoms with E-state index in [1.807, 2.05) is 9.80 Å². The number of rotatable bonds is 3. The molecule has 4 bridgehead atoms. The molecular weight excluding hydrogens is 420 g/mol. The highest BCUT2D eigenvalue weighted by Gasteiger charge is 2.58. The van der Waals surface area contributed by atoms with E-state index in [0.29, 0.717) is 38.4 Å². The number of nitrogens with one attached hydrogen (secondary N) is 1. The molecule has 4 amide bonds. The van der Waals surface area contributed by atoms with Gasteiger partial charge in [-0.25, -0.2) is 4.79 Å².